The number of rotatable bonds is 4. The van der Waals surface area contributed by atoms with E-state index in [0.29, 0.717) is 6.42 Å². The quantitative estimate of drug-likeness (QED) is 0.807. The zero-order valence-corrected chi connectivity index (χ0v) is 8.74. The smallest absolute Gasteiger partial charge is 0.334 e. The van der Waals surface area contributed by atoms with Crippen molar-refractivity contribution in [3.8, 4) is 0 Å². The number of benzene rings is 1. The average molecular weight is 229 g/mol. The molecule has 0 fully saturated rings. The summed E-state index contributed by atoms with van der Waals surface area (Å²) in [6.07, 6.45) is 0.412. The van der Waals surface area contributed by atoms with Crippen molar-refractivity contribution in [3.05, 3.63) is 35.9 Å². The van der Waals surface area contributed by atoms with Crippen molar-refractivity contribution in [2.24, 2.45) is 5.14 Å². The summed E-state index contributed by atoms with van der Waals surface area (Å²) in [7, 11) is -4.18. The van der Waals surface area contributed by atoms with E-state index in [1.165, 1.54) is 0 Å². The fourth-order valence-corrected chi connectivity index (χ4v) is 1.40. The van der Waals surface area contributed by atoms with Crippen molar-refractivity contribution >= 4 is 16.3 Å². The van der Waals surface area contributed by atoms with Crippen LogP contribution in [-0.4, -0.2) is 14.4 Å². The third-order valence-corrected chi connectivity index (χ3v) is 2.09. The van der Waals surface area contributed by atoms with Gasteiger partial charge in [0.2, 0.25) is 0 Å². The Balaban J connectivity index is 2.42. The molecule has 0 spiro atoms. The summed E-state index contributed by atoms with van der Waals surface area (Å²) in [4.78, 5) is 11.0. The maximum atomic E-state index is 11.0. The lowest BCUT2D eigenvalue weighted by molar-refractivity contribution is -0.133. The van der Waals surface area contributed by atoms with Gasteiger partial charge in [0.05, 0.1) is 6.42 Å². The van der Waals surface area contributed by atoms with Crippen molar-refractivity contribution in [1.29, 1.82) is 0 Å². The van der Waals surface area contributed by atoms with Crippen LogP contribution in [0.25, 0.3) is 0 Å². The van der Waals surface area contributed by atoms with E-state index < -0.39 is 16.3 Å². The van der Waals surface area contributed by atoms with E-state index in [-0.39, 0.29) is 6.42 Å². The first-order chi connectivity index (χ1) is 6.97. The highest BCUT2D eigenvalue weighted by atomic mass is 32.2. The van der Waals surface area contributed by atoms with Crippen molar-refractivity contribution in [1.82, 2.24) is 0 Å². The minimum atomic E-state index is -4.18. The van der Waals surface area contributed by atoms with Crippen LogP contribution in [0.3, 0.4) is 0 Å². The molecule has 15 heavy (non-hydrogen) atoms. The van der Waals surface area contributed by atoms with E-state index in [9.17, 15) is 13.2 Å². The van der Waals surface area contributed by atoms with Crippen LogP contribution < -0.4 is 5.14 Å². The van der Waals surface area contributed by atoms with Crippen molar-refractivity contribution in [2.45, 2.75) is 12.8 Å². The molecule has 1 aromatic carbocycles. The molecule has 1 rings (SSSR count). The zero-order valence-electron chi connectivity index (χ0n) is 7.92. The first-order valence-electron chi connectivity index (χ1n) is 4.26. The highest BCUT2D eigenvalue weighted by Crippen LogP contribution is 2.03. The third kappa shape index (κ3) is 5.14. The molecule has 0 atom stereocenters. The van der Waals surface area contributed by atoms with Gasteiger partial charge in [-0.05, 0) is 12.0 Å². The van der Waals surface area contributed by atoms with Gasteiger partial charge in [0, 0.05) is 0 Å². The lowest BCUT2D eigenvalue weighted by Crippen LogP contribution is -2.20. The van der Waals surface area contributed by atoms with Crippen LogP contribution in [0.2, 0.25) is 0 Å². The number of hydrogen-bond donors (Lipinski definition) is 1. The number of carbonyl (C=O) groups excluding carboxylic acids is 1. The first kappa shape index (κ1) is 11.7. The average Bonchev–Trinajstić information content (AvgIpc) is 2.14. The normalized spacial score (nSPS) is 11.0. The topological polar surface area (TPSA) is 86.5 Å². The standard InChI is InChI=1S/C9H11NO4S/c10-15(12,13)14-9(11)7-6-8-4-2-1-3-5-8/h1-5H,6-7H2,(H2,10,12,13). The van der Waals surface area contributed by atoms with Gasteiger partial charge in [0.25, 0.3) is 0 Å². The Labute approximate surface area is 88.1 Å². The van der Waals surface area contributed by atoms with Crippen LogP contribution in [0, 0.1) is 0 Å². The maximum absolute atomic E-state index is 11.0. The molecule has 0 aliphatic rings. The van der Waals surface area contributed by atoms with Gasteiger partial charge >= 0.3 is 16.3 Å². The molecule has 0 bridgehead atoms. The van der Waals surface area contributed by atoms with Gasteiger partial charge in [-0.2, -0.15) is 13.6 Å². The van der Waals surface area contributed by atoms with E-state index in [2.05, 4.69) is 9.32 Å². The van der Waals surface area contributed by atoms with E-state index in [0.717, 1.165) is 5.56 Å². The fourth-order valence-electron chi connectivity index (χ4n) is 1.06. The molecule has 0 aromatic heterocycles. The highest BCUT2D eigenvalue weighted by molar-refractivity contribution is 7.84. The van der Waals surface area contributed by atoms with Gasteiger partial charge in [0.15, 0.2) is 0 Å². The summed E-state index contributed by atoms with van der Waals surface area (Å²) in [5.74, 6) is -0.846. The van der Waals surface area contributed by atoms with Gasteiger partial charge in [0.1, 0.15) is 0 Å². The van der Waals surface area contributed by atoms with Crippen LogP contribution >= 0.6 is 0 Å². The molecule has 0 aliphatic carbocycles. The van der Waals surface area contributed by atoms with Crippen LogP contribution in [0.4, 0.5) is 0 Å². The number of aryl methyl sites for hydroxylation is 1. The molecule has 6 heteroatoms. The SMILES string of the molecule is NS(=O)(=O)OC(=O)CCc1ccccc1. The molecule has 0 amide bonds. The third-order valence-electron chi connectivity index (χ3n) is 1.67. The van der Waals surface area contributed by atoms with Gasteiger partial charge in [-0.15, -0.1) is 0 Å². The van der Waals surface area contributed by atoms with Crippen LogP contribution in [-0.2, 0) is 25.7 Å². The molecule has 0 saturated carbocycles. The lowest BCUT2D eigenvalue weighted by Gasteiger charge is -2.01. The molecule has 0 unspecified atom stereocenters. The lowest BCUT2D eigenvalue weighted by atomic mass is 10.1. The second-order valence-corrected chi connectivity index (χ2v) is 4.09. The summed E-state index contributed by atoms with van der Waals surface area (Å²) in [5.41, 5.74) is 0.934. The van der Waals surface area contributed by atoms with Crippen LogP contribution in [0.15, 0.2) is 30.3 Å². The number of carbonyl (C=O) groups is 1. The zero-order chi connectivity index (χ0) is 11.3. The van der Waals surface area contributed by atoms with Gasteiger partial charge in [-0.25, -0.2) is 0 Å². The molecule has 0 saturated heterocycles. The number of nitrogens with two attached hydrogens (primary N) is 1. The van der Waals surface area contributed by atoms with Crippen LogP contribution in [0.5, 0.6) is 0 Å². The Morgan fingerprint density at radius 2 is 1.87 bits per heavy atom. The summed E-state index contributed by atoms with van der Waals surface area (Å²) in [5, 5.41) is 4.53. The summed E-state index contributed by atoms with van der Waals surface area (Å²) in [6, 6.07) is 9.20. The predicted molar refractivity (Wildman–Crippen MR) is 54.0 cm³/mol. The van der Waals surface area contributed by atoms with Crippen molar-refractivity contribution < 1.29 is 17.4 Å². The summed E-state index contributed by atoms with van der Waals surface area (Å²) < 4.78 is 24.7. The molecule has 1 aromatic rings. The highest BCUT2D eigenvalue weighted by Gasteiger charge is 2.10. The second-order valence-electron chi connectivity index (χ2n) is 2.93. The van der Waals surface area contributed by atoms with E-state index in [1.807, 2.05) is 30.3 Å². The van der Waals surface area contributed by atoms with Crippen LogP contribution in [0.1, 0.15) is 12.0 Å². The van der Waals surface area contributed by atoms with Gasteiger partial charge in [-0.1, -0.05) is 30.3 Å². The molecular formula is C9H11NO4S. The monoisotopic (exact) mass is 229 g/mol. The summed E-state index contributed by atoms with van der Waals surface area (Å²) >= 11 is 0. The fraction of sp³-hybridized carbons (Fsp3) is 0.222. The Hall–Kier alpha value is -1.40. The Kier molecular flexibility index (Phi) is 3.81. The molecule has 0 aliphatic heterocycles. The van der Waals surface area contributed by atoms with Crippen molar-refractivity contribution in [3.63, 3.8) is 0 Å². The Morgan fingerprint density at radius 1 is 1.27 bits per heavy atom. The Morgan fingerprint density at radius 3 is 2.40 bits per heavy atom. The van der Waals surface area contributed by atoms with Crippen molar-refractivity contribution in [2.75, 3.05) is 0 Å². The second kappa shape index (κ2) is 4.90. The Bertz CT molecular complexity index is 427. The largest absolute Gasteiger partial charge is 0.382 e. The molecule has 0 radical (unpaired) electrons. The molecule has 82 valence electrons. The molecular weight excluding hydrogens is 218 g/mol. The summed E-state index contributed by atoms with van der Waals surface area (Å²) in [6.45, 7) is 0. The van der Waals surface area contributed by atoms with Gasteiger partial charge in [-0.3, -0.25) is 4.79 Å². The first-order valence-corrected chi connectivity index (χ1v) is 5.73. The maximum Gasteiger partial charge on any atom is 0.382 e. The molecule has 5 nitrogen and oxygen atoms in total. The van der Waals surface area contributed by atoms with Gasteiger partial charge < -0.3 is 4.18 Å². The predicted octanol–water partition coefficient (Wildman–Crippen LogP) is 0.366. The van der Waals surface area contributed by atoms with E-state index in [1.54, 1.807) is 0 Å². The number of hydrogen-bond acceptors (Lipinski definition) is 4. The minimum Gasteiger partial charge on any atom is -0.334 e. The minimum absolute atomic E-state index is 0.0134. The molecule has 0 heterocycles. The van der Waals surface area contributed by atoms with E-state index >= 15 is 0 Å². The van der Waals surface area contributed by atoms with E-state index in [4.69, 9.17) is 0 Å². The molecule has 2 N–H and O–H groups in total.